The first-order valence-electron chi connectivity index (χ1n) is 5.97. The first-order chi connectivity index (χ1) is 9.19. The van der Waals surface area contributed by atoms with Crippen LogP contribution in [0.5, 0.6) is 5.75 Å². The van der Waals surface area contributed by atoms with Crippen molar-refractivity contribution in [3.05, 3.63) is 59.9 Å². The van der Waals surface area contributed by atoms with Crippen molar-refractivity contribution in [2.75, 3.05) is 12.9 Å². The van der Waals surface area contributed by atoms with Crippen LogP contribution in [0.1, 0.15) is 11.6 Å². The van der Waals surface area contributed by atoms with Crippen molar-refractivity contribution in [3.63, 3.8) is 0 Å². The standard InChI is InChI=1S/C15H16FNOS/c1-18-13-7-5-11(6-8-13)15(17)10-19-14-4-2-3-12(16)9-14/h2-9,15H,10,17H2,1H3. The SMILES string of the molecule is COc1ccc(C(N)CSc2cccc(F)c2)cc1. The second-order valence-electron chi connectivity index (χ2n) is 4.15. The van der Waals surface area contributed by atoms with Gasteiger partial charge in [0.25, 0.3) is 0 Å². The fraction of sp³-hybridized carbons (Fsp3) is 0.200. The van der Waals surface area contributed by atoms with Crippen LogP contribution >= 0.6 is 11.8 Å². The second kappa shape index (κ2) is 6.59. The van der Waals surface area contributed by atoms with Gasteiger partial charge in [0, 0.05) is 16.7 Å². The summed E-state index contributed by atoms with van der Waals surface area (Å²) in [6.07, 6.45) is 0. The molecule has 19 heavy (non-hydrogen) atoms. The van der Waals surface area contributed by atoms with E-state index in [9.17, 15) is 4.39 Å². The third-order valence-corrected chi connectivity index (χ3v) is 3.88. The number of halogens is 1. The number of nitrogens with two attached hydrogens (primary N) is 1. The Hall–Kier alpha value is -1.52. The van der Waals surface area contributed by atoms with Crippen molar-refractivity contribution in [1.29, 1.82) is 0 Å². The maximum atomic E-state index is 13.0. The topological polar surface area (TPSA) is 35.2 Å². The lowest BCUT2D eigenvalue weighted by Gasteiger charge is -2.12. The van der Waals surface area contributed by atoms with Crippen molar-refractivity contribution in [1.82, 2.24) is 0 Å². The van der Waals surface area contributed by atoms with Gasteiger partial charge in [0.05, 0.1) is 7.11 Å². The van der Waals surface area contributed by atoms with Crippen LogP contribution in [0.2, 0.25) is 0 Å². The average molecular weight is 277 g/mol. The molecule has 0 amide bonds. The van der Waals surface area contributed by atoms with E-state index in [1.54, 1.807) is 24.9 Å². The van der Waals surface area contributed by atoms with E-state index in [1.807, 2.05) is 30.3 Å². The maximum Gasteiger partial charge on any atom is 0.124 e. The molecule has 0 heterocycles. The highest BCUT2D eigenvalue weighted by molar-refractivity contribution is 7.99. The molecule has 0 fully saturated rings. The smallest absolute Gasteiger partial charge is 0.124 e. The Balaban J connectivity index is 1.95. The zero-order valence-electron chi connectivity index (χ0n) is 10.7. The fourth-order valence-electron chi connectivity index (χ4n) is 1.69. The fourth-order valence-corrected chi connectivity index (χ4v) is 2.63. The minimum absolute atomic E-state index is 0.0841. The quantitative estimate of drug-likeness (QED) is 0.848. The molecule has 4 heteroatoms. The van der Waals surface area contributed by atoms with Crippen LogP contribution in [0.3, 0.4) is 0 Å². The molecule has 2 aromatic carbocycles. The molecule has 2 N–H and O–H groups in total. The molecule has 0 aliphatic heterocycles. The predicted octanol–water partition coefficient (Wildman–Crippen LogP) is 3.63. The number of benzene rings is 2. The summed E-state index contributed by atoms with van der Waals surface area (Å²) in [5.41, 5.74) is 7.16. The summed E-state index contributed by atoms with van der Waals surface area (Å²) in [7, 11) is 1.63. The summed E-state index contributed by atoms with van der Waals surface area (Å²) in [5, 5.41) is 0. The minimum Gasteiger partial charge on any atom is -0.497 e. The molecule has 0 saturated heterocycles. The van der Waals surface area contributed by atoms with Crippen LogP contribution in [-0.4, -0.2) is 12.9 Å². The van der Waals surface area contributed by atoms with Crippen LogP contribution in [0, 0.1) is 5.82 Å². The highest BCUT2D eigenvalue weighted by atomic mass is 32.2. The van der Waals surface area contributed by atoms with Gasteiger partial charge in [-0.3, -0.25) is 0 Å². The predicted molar refractivity (Wildman–Crippen MR) is 77.0 cm³/mol. The molecule has 2 aromatic rings. The zero-order valence-corrected chi connectivity index (χ0v) is 11.5. The van der Waals surface area contributed by atoms with Crippen LogP contribution < -0.4 is 10.5 Å². The van der Waals surface area contributed by atoms with Crippen molar-refractivity contribution >= 4 is 11.8 Å². The number of hydrogen-bond donors (Lipinski definition) is 1. The van der Waals surface area contributed by atoms with Gasteiger partial charge >= 0.3 is 0 Å². The van der Waals surface area contributed by atoms with E-state index < -0.39 is 0 Å². The molecule has 100 valence electrons. The van der Waals surface area contributed by atoms with E-state index >= 15 is 0 Å². The molecular formula is C15H16FNOS. The second-order valence-corrected chi connectivity index (χ2v) is 5.24. The van der Waals surface area contributed by atoms with Gasteiger partial charge in [-0.1, -0.05) is 18.2 Å². The van der Waals surface area contributed by atoms with E-state index in [2.05, 4.69) is 0 Å². The van der Waals surface area contributed by atoms with E-state index in [-0.39, 0.29) is 11.9 Å². The Labute approximate surface area is 116 Å². The summed E-state index contributed by atoms with van der Waals surface area (Å²) < 4.78 is 18.1. The number of hydrogen-bond acceptors (Lipinski definition) is 3. The molecule has 0 bridgehead atoms. The highest BCUT2D eigenvalue weighted by Crippen LogP contribution is 2.24. The van der Waals surface area contributed by atoms with Gasteiger partial charge in [-0.25, -0.2) is 4.39 Å². The Morgan fingerprint density at radius 2 is 1.95 bits per heavy atom. The van der Waals surface area contributed by atoms with Gasteiger partial charge < -0.3 is 10.5 Å². The highest BCUT2D eigenvalue weighted by Gasteiger charge is 2.07. The van der Waals surface area contributed by atoms with E-state index in [1.165, 1.54) is 12.1 Å². The number of thioether (sulfide) groups is 1. The van der Waals surface area contributed by atoms with Crippen molar-refractivity contribution in [2.24, 2.45) is 5.73 Å². The van der Waals surface area contributed by atoms with Gasteiger partial charge in [0.1, 0.15) is 11.6 Å². The lowest BCUT2D eigenvalue weighted by molar-refractivity contribution is 0.414. The van der Waals surface area contributed by atoms with E-state index in [4.69, 9.17) is 10.5 Å². The van der Waals surface area contributed by atoms with Crippen LogP contribution in [0.25, 0.3) is 0 Å². The van der Waals surface area contributed by atoms with Gasteiger partial charge in [-0.05, 0) is 35.9 Å². The summed E-state index contributed by atoms with van der Waals surface area (Å²) in [4.78, 5) is 0.893. The van der Waals surface area contributed by atoms with Crippen LogP contribution in [0.15, 0.2) is 53.4 Å². The molecule has 0 aromatic heterocycles. The third kappa shape index (κ3) is 3.98. The number of rotatable bonds is 5. The Kier molecular flexibility index (Phi) is 4.82. The molecular weight excluding hydrogens is 261 g/mol. The van der Waals surface area contributed by atoms with Crippen molar-refractivity contribution < 1.29 is 9.13 Å². The number of methoxy groups -OCH3 is 1. The summed E-state index contributed by atoms with van der Waals surface area (Å²) in [6, 6.07) is 14.2. The lowest BCUT2D eigenvalue weighted by Crippen LogP contribution is -2.12. The van der Waals surface area contributed by atoms with Gasteiger partial charge in [-0.2, -0.15) is 0 Å². The van der Waals surface area contributed by atoms with Gasteiger partial charge in [0.15, 0.2) is 0 Å². The molecule has 2 rings (SSSR count). The molecule has 0 spiro atoms. The van der Waals surface area contributed by atoms with E-state index in [0.29, 0.717) is 5.75 Å². The molecule has 1 atom stereocenters. The molecule has 0 radical (unpaired) electrons. The summed E-state index contributed by atoms with van der Waals surface area (Å²) >= 11 is 1.55. The average Bonchev–Trinajstić information content (AvgIpc) is 2.45. The Morgan fingerprint density at radius 1 is 1.21 bits per heavy atom. The first kappa shape index (κ1) is 13.9. The zero-order chi connectivity index (χ0) is 13.7. The first-order valence-corrected chi connectivity index (χ1v) is 6.95. The van der Waals surface area contributed by atoms with Crippen molar-refractivity contribution in [2.45, 2.75) is 10.9 Å². The van der Waals surface area contributed by atoms with Crippen molar-refractivity contribution in [3.8, 4) is 5.75 Å². The minimum atomic E-state index is -0.219. The Bertz CT molecular complexity index is 530. The van der Waals surface area contributed by atoms with E-state index in [0.717, 1.165) is 16.2 Å². The molecule has 0 aliphatic carbocycles. The molecule has 1 unspecified atom stereocenters. The molecule has 0 aliphatic rings. The Morgan fingerprint density at radius 3 is 2.58 bits per heavy atom. The molecule has 2 nitrogen and oxygen atoms in total. The monoisotopic (exact) mass is 277 g/mol. The third-order valence-electron chi connectivity index (χ3n) is 2.77. The normalized spacial score (nSPS) is 12.2. The summed E-state index contributed by atoms with van der Waals surface area (Å²) in [6.45, 7) is 0. The molecule has 0 saturated carbocycles. The largest absolute Gasteiger partial charge is 0.497 e. The van der Waals surface area contributed by atoms with Crippen LogP contribution in [0.4, 0.5) is 4.39 Å². The maximum absolute atomic E-state index is 13.0. The van der Waals surface area contributed by atoms with Gasteiger partial charge in [-0.15, -0.1) is 11.8 Å². The van der Waals surface area contributed by atoms with Crippen LogP contribution in [-0.2, 0) is 0 Å². The summed E-state index contributed by atoms with van der Waals surface area (Å²) in [5.74, 6) is 1.30. The van der Waals surface area contributed by atoms with Gasteiger partial charge in [0.2, 0.25) is 0 Å². The number of ether oxygens (including phenoxy) is 1. The lowest BCUT2D eigenvalue weighted by atomic mass is 10.1.